The Morgan fingerprint density at radius 2 is 0.901 bits per heavy atom. The molecule has 0 saturated carbocycles. The highest BCUT2D eigenvalue weighted by Gasteiger charge is 2.40. The van der Waals surface area contributed by atoms with Gasteiger partial charge in [0, 0.05) is 60.0 Å². The molecule has 1 unspecified atom stereocenters. The molecule has 1 heterocycles. The van der Waals surface area contributed by atoms with Crippen molar-refractivity contribution in [3.05, 3.63) is 0 Å². The van der Waals surface area contributed by atoms with E-state index < -0.39 is 21.2 Å². The average molecular weight is 1050 g/mol. The molecule has 4 N–H and O–H groups in total. The molecule has 2 amide bonds. The smallest absolute Gasteiger partial charge is 0.219 e. The minimum Gasteiger partial charge on any atom is -0.396 e. The Hall–Kier alpha value is -1.04. The number of hydrogen-bond donors (Lipinski definition) is 4. The summed E-state index contributed by atoms with van der Waals surface area (Å²) in [5.41, 5.74) is 0. The first-order valence-corrected chi connectivity index (χ1v) is 32.9. The van der Waals surface area contributed by atoms with Crippen molar-refractivity contribution in [2.45, 2.75) is 322 Å². The van der Waals surface area contributed by atoms with Crippen molar-refractivity contribution in [2.24, 2.45) is 0 Å². The van der Waals surface area contributed by atoms with Crippen LogP contribution in [0.25, 0.3) is 0 Å². The molecule has 0 aromatic heterocycles. The predicted octanol–water partition coefficient (Wildman–Crippen LogP) is 17.2. The summed E-state index contributed by atoms with van der Waals surface area (Å²) in [4.78, 5) is 23.6. The van der Waals surface area contributed by atoms with E-state index in [2.05, 4.69) is 65.0 Å². The zero-order valence-corrected chi connectivity index (χ0v) is 50.6. The van der Waals surface area contributed by atoms with Gasteiger partial charge >= 0.3 is 0 Å². The molecule has 71 heavy (non-hydrogen) atoms. The molecule has 1 aliphatic heterocycles. The van der Waals surface area contributed by atoms with Crippen molar-refractivity contribution < 1.29 is 36.5 Å². The van der Waals surface area contributed by atoms with Crippen LogP contribution < -0.4 is 10.6 Å². The highest BCUT2D eigenvalue weighted by molar-refractivity contribution is 8.38. The van der Waals surface area contributed by atoms with Gasteiger partial charge in [0.25, 0.3) is 0 Å². The van der Waals surface area contributed by atoms with Gasteiger partial charge in [-0.25, -0.2) is 0 Å². The van der Waals surface area contributed by atoms with Gasteiger partial charge in [0.15, 0.2) is 6.29 Å². The first-order chi connectivity index (χ1) is 34.2. The molecule has 2 atom stereocenters. The van der Waals surface area contributed by atoms with Gasteiger partial charge in [-0.1, -0.05) is 182 Å². The minimum absolute atomic E-state index is 0.0231. The van der Waals surface area contributed by atoms with Crippen LogP contribution in [-0.4, -0.2) is 87.8 Å². The zero-order valence-electron chi connectivity index (χ0n) is 48.9. The largest absolute Gasteiger partial charge is 0.396 e. The van der Waals surface area contributed by atoms with E-state index in [1.54, 1.807) is 0 Å². The quantitative estimate of drug-likeness (QED) is 0.0350. The lowest BCUT2D eigenvalue weighted by atomic mass is 10.0. The van der Waals surface area contributed by atoms with E-state index in [-0.39, 0.29) is 51.8 Å². The standard InChI is InChI=1S/C36H75NO6S2.C19H39NO2.C2H6.C2H2/c1-10-11-12-13-14-15-16-17-18-19-20-21-22-24-35(38)37-27-23-28-40-36-26-25-34(42-36)29-41-45(32(6)7,33(8)9)43-44(39,30(2)3)31(4)5;1-2-3-4-5-6-7-8-9-10-11-12-13-14-16-19(22)20-17-15-18-21;2*1-2/h30-34,36,39H,10-29H2,1-9H3,(H,37,38);21H,2-18H2,1H3,(H,20,22);1-2H3;1-2H/t34?,36-;;;/m1.../s1. The maximum absolute atomic E-state index is 12.2. The van der Waals surface area contributed by atoms with Crippen LogP contribution in [0.5, 0.6) is 0 Å². The van der Waals surface area contributed by atoms with Crippen LogP contribution >= 0.6 is 21.2 Å². The summed E-state index contributed by atoms with van der Waals surface area (Å²) >= 11 is 0. The van der Waals surface area contributed by atoms with Gasteiger partial charge in [-0.2, -0.15) is 24.8 Å². The third-order valence-electron chi connectivity index (χ3n) is 13.0. The third-order valence-corrected chi connectivity index (χ3v) is 20.6. The number of rotatable bonds is 45. The molecule has 0 bridgehead atoms. The van der Waals surface area contributed by atoms with Crippen molar-refractivity contribution in [3.63, 3.8) is 0 Å². The Labute approximate surface area is 445 Å². The summed E-state index contributed by atoms with van der Waals surface area (Å²) < 4.78 is 37.1. The number of unbranched alkanes of at least 4 members (excludes halogenated alkanes) is 24. The van der Waals surface area contributed by atoms with Crippen LogP contribution in [0.4, 0.5) is 0 Å². The summed E-state index contributed by atoms with van der Waals surface area (Å²) in [7, 11) is -4.31. The summed E-state index contributed by atoms with van der Waals surface area (Å²) in [6.45, 7) is 27.6. The molecule has 0 radical (unpaired) electrons. The number of amides is 2. The molecule has 1 saturated heterocycles. The van der Waals surface area contributed by atoms with Crippen LogP contribution in [0.2, 0.25) is 0 Å². The summed E-state index contributed by atoms with van der Waals surface area (Å²) in [5.74, 6) is 0.288. The van der Waals surface area contributed by atoms with Gasteiger partial charge in [0.2, 0.25) is 11.8 Å². The second kappa shape index (κ2) is 52.4. The maximum atomic E-state index is 12.2. The Bertz CT molecular complexity index is 1160. The lowest BCUT2D eigenvalue weighted by Crippen LogP contribution is -2.34. The van der Waals surface area contributed by atoms with Gasteiger partial charge in [0.05, 0.1) is 19.3 Å². The summed E-state index contributed by atoms with van der Waals surface area (Å²) in [6.07, 6.45) is 46.6. The summed E-state index contributed by atoms with van der Waals surface area (Å²) in [5, 5.41) is 14.8. The lowest BCUT2D eigenvalue weighted by molar-refractivity contribution is -0.139. The van der Waals surface area contributed by atoms with Crippen LogP contribution in [0.1, 0.15) is 289 Å². The van der Waals surface area contributed by atoms with Gasteiger partial charge in [0.1, 0.15) is 0 Å². The molecule has 1 rings (SSSR count). The molecule has 0 spiro atoms. The Kier molecular flexibility index (Phi) is 54.8. The highest BCUT2D eigenvalue weighted by Crippen LogP contribution is 2.71. The van der Waals surface area contributed by atoms with Crippen molar-refractivity contribution in [2.75, 3.05) is 32.9 Å². The lowest BCUT2D eigenvalue weighted by Gasteiger charge is -2.58. The fourth-order valence-corrected chi connectivity index (χ4v) is 15.7. The number of hydrogen-bond acceptors (Lipinski definition) is 8. The zero-order chi connectivity index (χ0) is 54.0. The molecule has 0 aliphatic carbocycles. The number of ether oxygens (including phenoxy) is 2. The molecule has 12 heteroatoms. The van der Waals surface area contributed by atoms with Gasteiger partial charge in [-0.3, -0.25) is 18.3 Å². The maximum Gasteiger partial charge on any atom is 0.219 e. The van der Waals surface area contributed by atoms with E-state index in [4.69, 9.17) is 22.4 Å². The van der Waals surface area contributed by atoms with E-state index in [9.17, 15) is 14.1 Å². The van der Waals surface area contributed by atoms with Crippen molar-refractivity contribution in [3.8, 4) is 12.8 Å². The Balaban J connectivity index is -0.00000149. The topological polar surface area (TPSA) is 136 Å². The second-order valence-electron chi connectivity index (χ2n) is 20.5. The average Bonchev–Trinajstić information content (AvgIpc) is 3.81. The van der Waals surface area contributed by atoms with Gasteiger partial charge in [-0.05, 0) is 87.5 Å². The molecule has 1 fully saturated rings. The number of aliphatic hydroxyl groups excluding tert-OH is 1. The van der Waals surface area contributed by atoms with Gasteiger partial charge in [-0.15, -0.1) is 12.8 Å². The molecule has 1 aliphatic rings. The number of carbonyl (C=O) groups is 2. The van der Waals surface area contributed by atoms with Gasteiger partial charge < -0.3 is 25.2 Å². The van der Waals surface area contributed by atoms with E-state index in [0.717, 1.165) is 38.5 Å². The van der Waals surface area contributed by atoms with Crippen molar-refractivity contribution >= 4 is 33.0 Å². The molecular formula is C59H122N2O8S2. The van der Waals surface area contributed by atoms with Crippen LogP contribution in [0.3, 0.4) is 0 Å². The summed E-state index contributed by atoms with van der Waals surface area (Å²) in [6, 6.07) is 0. The first kappa shape index (κ1) is 74.2. The second-order valence-corrected chi connectivity index (χ2v) is 27.5. The predicted molar refractivity (Wildman–Crippen MR) is 313 cm³/mol. The molecule has 10 nitrogen and oxygen atoms in total. The highest BCUT2D eigenvalue weighted by atomic mass is 32.4. The number of carbonyl (C=O) groups excluding carboxylic acids is 2. The first-order valence-electron chi connectivity index (χ1n) is 29.6. The van der Waals surface area contributed by atoms with Crippen molar-refractivity contribution in [1.29, 1.82) is 0 Å². The Morgan fingerprint density at radius 3 is 1.24 bits per heavy atom. The molecular weight excluding hydrogens is 929 g/mol. The molecule has 0 aromatic rings. The van der Waals surface area contributed by atoms with E-state index in [1.165, 1.54) is 148 Å². The number of aliphatic hydroxyl groups is 1. The van der Waals surface area contributed by atoms with Crippen molar-refractivity contribution in [1.82, 2.24) is 10.6 Å². The van der Waals surface area contributed by atoms with E-state index in [0.29, 0.717) is 45.6 Å². The fraction of sp³-hybridized carbons (Fsp3) is 0.932. The Morgan fingerprint density at radius 1 is 0.549 bits per heavy atom. The van der Waals surface area contributed by atoms with E-state index in [1.807, 2.05) is 41.5 Å². The minimum atomic E-state index is -2.30. The third kappa shape index (κ3) is 40.9. The monoisotopic (exact) mass is 1050 g/mol. The number of nitrogens with one attached hydrogen (secondary N) is 2. The molecule has 0 aromatic carbocycles. The van der Waals surface area contributed by atoms with Crippen LogP contribution in [0, 0.1) is 12.8 Å². The van der Waals surface area contributed by atoms with Crippen LogP contribution in [0.15, 0.2) is 0 Å². The normalized spacial score (nSPS) is 15.2. The van der Waals surface area contributed by atoms with Crippen LogP contribution in [-0.2, 0) is 26.9 Å². The van der Waals surface area contributed by atoms with E-state index >= 15 is 0 Å². The number of terminal acetylenes is 1. The molecule has 428 valence electrons. The SMILES string of the molecule is C#C.CC.CCCCCCCCCCCCCCCC(=O)NCCCO.CCCCCCCCCCCCCCCC(=O)NCCCO[C@H]1CCC(COS(OS(O)(C(C)C)C(C)C)(C(C)C)C(C)C)O1. The fourth-order valence-electron chi connectivity index (χ4n) is 8.57.